The zero-order valence-electron chi connectivity index (χ0n) is 14.1. The van der Waals surface area contributed by atoms with E-state index in [4.69, 9.17) is 0 Å². The van der Waals surface area contributed by atoms with Crippen molar-refractivity contribution in [2.45, 2.75) is 38.5 Å². The number of nitrogens with zero attached hydrogens (tertiary/aromatic N) is 1. The van der Waals surface area contributed by atoms with Crippen LogP contribution in [-0.2, 0) is 16.0 Å². The molecule has 1 saturated carbocycles. The second-order valence-corrected chi connectivity index (χ2v) is 7.05. The number of rotatable bonds is 5. The average Bonchev–Trinajstić information content (AvgIpc) is 3.17. The zero-order chi connectivity index (χ0) is 17.1. The van der Waals surface area contributed by atoms with Crippen LogP contribution in [0.5, 0.6) is 0 Å². The van der Waals surface area contributed by atoms with E-state index in [-0.39, 0.29) is 30.1 Å². The Balaban J connectivity index is 1.58. The van der Waals surface area contributed by atoms with E-state index in [1.54, 1.807) is 0 Å². The molecule has 1 aliphatic carbocycles. The second-order valence-electron chi connectivity index (χ2n) is 7.05. The molecule has 1 aromatic rings. The third-order valence-corrected chi connectivity index (χ3v) is 5.10. The van der Waals surface area contributed by atoms with Gasteiger partial charge in [0.1, 0.15) is 0 Å². The largest absolute Gasteiger partial charge is 0.341 e. The molecule has 5 heteroatoms. The molecular weight excluding hydrogens is 304 g/mol. The van der Waals surface area contributed by atoms with Gasteiger partial charge in [-0.3, -0.25) is 19.7 Å². The Morgan fingerprint density at radius 2 is 1.83 bits per heavy atom. The molecule has 2 aliphatic rings. The highest BCUT2D eigenvalue weighted by Crippen LogP contribution is 2.25. The Labute approximate surface area is 142 Å². The Morgan fingerprint density at radius 1 is 1.17 bits per heavy atom. The lowest BCUT2D eigenvalue weighted by Gasteiger charge is -2.21. The summed E-state index contributed by atoms with van der Waals surface area (Å²) in [5.74, 6) is -0.00949. The van der Waals surface area contributed by atoms with Gasteiger partial charge in [0.25, 0.3) is 5.91 Å². The fourth-order valence-electron chi connectivity index (χ4n) is 3.72. The summed E-state index contributed by atoms with van der Waals surface area (Å²) in [6, 6.07) is 7.40. The van der Waals surface area contributed by atoms with E-state index >= 15 is 0 Å². The summed E-state index contributed by atoms with van der Waals surface area (Å²) in [5, 5.41) is 2.33. The van der Waals surface area contributed by atoms with Gasteiger partial charge in [0.15, 0.2) is 0 Å². The molecule has 24 heavy (non-hydrogen) atoms. The Kier molecular flexibility index (Phi) is 4.97. The molecule has 3 amide bonds. The fourth-order valence-corrected chi connectivity index (χ4v) is 3.72. The molecule has 1 aromatic carbocycles. The third kappa shape index (κ3) is 3.83. The van der Waals surface area contributed by atoms with Crippen molar-refractivity contribution in [3.05, 3.63) is 35.4 Å². The Hall–Kier alpha value is -2.17. The summed E-state index contributed by atoms with van der Waals surface area (Å²) in [6.07, 6.45) is 5.78. The maximum atomic E-state index is 12.5. The average molecular weight is 328 g/mol. The molecular formula is C19H24N2O3. The predicted molar refractivity (Wildman–Crippen MR) is 90.3 cm³/mol. The molecule has 0 bridgehead atoms. The third-order valence-electron chi connectivity index (χ3n) is 5.10. The van der Waals surface area contributed by atoms with Crippen molar-refractivity contribution in [3.8, 4) is 0 Å². The van der Waals surface area contributed by atoms with E-state index in [0.29, 0.717) is 17.9 Å². The number of imide groups is 1. The lowest BCUT2D eigenvalue weighted by atomic mass is 9.97. The Bertz CT molecular complexity index is 633. The number of amides is 3. The van der Waals surface area contributed by atoms with Crippen molar-refractivity contribution in [2.75, 3.05) is 13.6 Å². The van der Waals surface area contributed by atoms with Crippen molar-refractivity contribution >= 4 is 17.7 Å². The van der Waals surface area contributed by atoms with Crippen molar-refractivity contribution in [1.82, 2.24) is 10.2 Å². The number of carbonyl (C=O) groups excluding carboxylic acids is 3. The van der Waals surface area contributed by atoms with Gasteiger partial charge in [-0.15, -0.1) is 0 Å². The van der Waals surface area contributed by atoms with Crippen LogP contribution in [0.1, 0.15) is 48.0 Å². The monoisotopic (exact) mass is 328 g/mol. The summed E-state index contributed by atoms with van der Waals surface area (Å²) in [5.41, 5.74) is 1.64. The smallest absolute Gasteiger partial charge is 0.253 e. The van der Waals surface area contributed by atoms with Crippen LogP contribution in [0.25, 0.3) is 0 Å². The first-order valence-electron chi connectivity index (χ1n) is 8.71. The lowest BCUT2D eigenvalue weighted by molar-refractivity contribution is -0.125. The second kappa shape index (κ2) is 7.16. The van der Waals surface area contributed by atoms with Crippen LogP contribution in [0.3, 0.4) is 0 Å². The number of carbonyl (C=O) groups is 3. The number of hydrogen-bond donors (Lipinski definition) is 1. The molecule has 1 heterocycles. The molecule has 0 aromatic heterocycles. The summed E-state index contributed by atoms with van der Waals surface area (Å²) in [4.78, 5) is 37.2. The van der Waals surface area contributed by atoms with Crippen LogP contribution in [0.15, 0.2) is 24.3 Å². The lowest BCUT2D eigenvalue weighted by Crippen LogP contribution is -2.31. The molecule has 1 aliphatic heterocycles. The molecule has 0 spiro atoms. The number of nitrogens with one attached hydrogen (secondary N) is 1. The molecule has 2 fully saturated rings. The highest BCUT2D eigenvalue weighted by Gasteiger charge is 2.30. The van der Waals surface area contributed by atoms with E-state index in [1.807, 2.05) is 36.2 Å². The first kappa shape index (κ1) is 16.7. The van der Waals surface area contributed by atoms with E-state index in [1.165, 1.54) is 25.7 Å². The van der Waals surface area contributed by atoms with Crippen LogP contribution in [0.2, 0.25) is 0 Å². The molecule has 128 valence electrons. The SMILES string of the molecule is CN(CC1CCCC1)C(=O)c1ccc(CC2CC(=O)NC2=O)cc1. The van der Waals surface area contributed by atoms with Crippen LogP contribution < -0.4 is 5.32 Å². The van der Waals surface area contributed by atoms with Gasteiger partial charge in [0, 0.05) is 25.6 Å². The Morgan fingerprint density at radius 3 is 2.42 bits per heavy atom. The summed E-state index contributed by atoms with van der Waals surface area (Å²) >= 11 is 0. The molecule has 1 unspecified atom stereocenters. The van der Waals surface area contributed by atoms with E-state index in [0.717, 1.165) is 12.1 Å². The van der Waals surface area contributed by atoms with Gasteiger partial charge in [0.05, 0.1) is 5.92 Å². The first-order valence-corrected chi connectivity index (χ1v) is 8.71. The number of benzene rings is 1. The van der Waals surface area contributed by atoms with Gasteiger partial charge in [-0.1, -0.05) is 25.0 Å². The first-order chi connectivity index (χ1) is 11.5. The van der Waals surface area contributed by atoms with Crippen LogP contribution in [0, 0.1) is 11.8 Å². The molecule has 1 atom stereocenters. The van der Waals surface area contributed by atoms with Gasteiger partial charge in [-0.05, 0) is 42.9 Å². The standard InChI is InChI=1S/C19H24N2O3/c1-21(12-14-4-2-3-5-14)19(24)15-8-6-13(7-9-15)10-16-11-17(22)20-18(16)23/h6-9,14,16H,2-5,10-12H2,1H3,(H,20,22,23). The van der Waals surface area contributed by atoms with Crippen molar-refractivity contribution < 1.29 is 14.4 Å². The minimum atomic E-state index is -0.288. The molecule has 3 rings (SSSR count). The molecule has 1 saturated heterocycles. The van der Waals surface area contributed by atoms with Gasteiger partial charge >= 0.3 is 0 Å². The van der Waals surface area contributed by atoms with Crippen LogP contribution in [0.4, 0.5) is 0 Å². The van der Waals surface area contributed by atoms with Gasteiger partial charge in [0.2, 0.25) is 11.8 Å². The zero-order valence-corrected chi connectivity index (χ0v) is 14.1. The maximum absolute atomic E-state index is 12.5. The summed E-state index contributed by atoms with van der Waals surface area (Å²) < 4.78 is 0. The van der Waals surface area contributed by atoms with Gasteiger partial charge in [-0.25, -0.2) is 0 Å². The highest BCUT2D eigenvalue weighted by atomic mass is 16.2. The van der Waals surface area contributed by atoms with Gasteiger partial charge in [-0.2, -0.15) is 0 Å². The minimum Gasteiger partial charge on any atom is -0.341 e. The predicted octanol–water partition coefficient (Wildman–Crippen LogP) is 2.15. The van der Waals surface area contributed by atoms with Crippen LogP contribution >= 0.6 is 0 Å². The number of hydrogen-bond acceptors (Lipinski definition) is 3. The van der Waals surface area contributed by atoms with E-state index in [2.05, 4.69) is 5.32 Å². The summed E-state index contributed by atoms with van der Waals surface area (Å²) in [6.45, 7) is 0.824. The van der Waals surface area contributed by atoms with Crippen LogP contribution in [-0.4, -0.2) is 36.2 Å². The van der Waals surface area contributed by atoms with Crippen molar-refractivity contribution in [1.29, 1.82) is 0 Å². The van der Waals surface area contributed by atoms with Crippen molar-refractivity contribution in [3.63, 3.8) is 0 Å². The van der Waals surface area contributed by atoms with E-state index in [9.17, 15) is 14.4 Å². The molecule has 5 nitrogen and oxygen atoms in total. The minimum absolute atomic E-state index is 0.0437. The summed E-state index contributed by atoms with van der Waals surface area (Å²) in [7, 11) is 1.86. The fraction of sp³-hybridized carbons (Fsp3) is 0.526. The van der Waals surface area contributed by atoms with Crippen molar-refractivity contribution in [2.24, 2.45) is 11.8 Å². The highest BCUT2D eigenvalue weighted by molar-refractivity contribution is 6.03. The maximum Gasteiger partial charge on any atom is 0.253 e. The van der Waals surface area contributed by atoms with E-state index < -0.39 is 0 Å². The van der Waals surface area contributed by atoms with Gasteiger partial charge < -0.3 is 4.90 Å². The topological polar surface area (TPSA) is 66.5 Å². The quantitative estimate of drug-likeness (QED) is 0.842. The normalized spacial score (nSPS) is 21.1. The molecule has 1 N–H and O–H groups in total. The molecule has 0 radical (unpaired) electrons.